The standard InChI is InChI=1S/C38H50ClN7O2/c1-41-17-19-44(22-28-9-14-37-38(21-28)48-27-47-37)35(23-41)33-25-45(31-7-5-4-6-8-31)26-34(43(33)3)36-24-42(2)18-20-46(36)32(15-16-40)29-10-12-30(39)13-11-29/h4-14,16,21,32-36,40H,15,17-20,22-27H2,1-3H3. The molecule has 0 aliphatic carbocycles. The Morgan fingerprint density at radius 2 is 1.46 bits per heavy atom. The Hall–Kier alpha value is -3.18. The zero-order chi connectivity index (χ0) is 33.2. The van der Waals surface area contributed by atoms with Crippen molar-refractivity contribution in [3.8, 4) is 11.5 Å². The van der Waals surface area contributed by atoms with E-state index in [0.717, 1.165) is 75.4 Å². The van der Waals surface area contributed by atoms with Crippen LogP contribution in [0.1, 0.15) is 23.6 Å². The maximum absolute atomic E-state index is 8.19. The summed E-state index contributed by atoms with van der Waals surface area (Å²) in [5.41, 5.74) is 3.79. The molecule has 1 N–H and O–H groups in total. The van der Waals surface area contributed by atoms with Crippen LogP contribution in [0.4, 0.5) is 5.69 Å². The molecule has 4 heterocycles. The highest BCUT2D eigenvalue weighted by Gasteiger charge is 2.46. The second kappa shape index (κ2) is 14.7. The van der Waals surface area contributed by atoms with Crippen LogP contribution >= 0.6 is 11.6 Å². The molecule has 5 unspecified atom stereocenters. The SMILES string of the molecule is CN1CCN(Cc2ccc3c(c2)OCO3)C(C2CN(c3ccccc3)CC(C3CN(C)CCN3C(CC=N)c3ccc(Cl)cc3)N2C)C1. The molecule has 3 aromatic carbocycles. The molecule has 0 saturated carbocycles. The van der Waals surface area contributed by atoms with Crippen LogP contribution in [0.2, 0.25) is 5.02 Å². The lowest BCUT2D eigenvalue weighted by Gasteiger charge is -2.57. The van der Waals surface area contributed by atoms with Crippen molar-refractivity contribution in [1.82, 2.24) is 24.5 Å². The molecule has 7 rings (SSSR count). The van der Waals surface area contributed by atoms with E-state index in [1.807, 2.05) is 12.1 Å². The molecule has 9 nitrogen and oxygen atoms in total. The number of para-hydroxylation sites is 1. The van der Waals surface area contributed by atoms with Gasteiger partial charge in [-0.25, -0.2) is 0 Å². The number of ether oxygens (including phenoxy) is 2. The molecule has 0 radical (unpaired) electrons. The largest absolute Gasteiger partial charge is 0.454 e. The van der Waals surface area contributed by atoms with Gasteiger partial charge in [-0.3, -0.25) is 14.7 Å². The van der Waals surface area contributed by atoms with Gasteiger partial charge in [-0.15, -0.1) is 0 Å². The number of benzene rings is 3. The molecule has 4 aliphatic rings. The number of fused-ring (bicyclic) bond motifs is 1. The monoisotopic (exact) mass is 671 g/mol. The predicted octanol–water partition coefficient (Wildman–Crippen LogP) is 4.77. The minimum Gasteiger partial charge on any atom is -0.454 e. The molecule has 0 amide bonds. The Morgan fingerprint density at radius 3 is 2.21 bits per heavy atom. The molecule has 256 valence electrons. The van der Waals surface area contributed by atoms with Crippen molar-refractivity contribution in [1.29, 1.82) is 5.41 Å². The van der Waals surface area contributed by atoms with E-state index in [-0.39, 0.29) is 18.1 Å². The van der Waals surface area contributed by atoms with Gasteiger partial charge in [0.25, 0.3) is 0 Å². The maximum Gasteiger partial charge on any atom is 0.231 e. The summed E-state index contributed by atoms with van der Waals surface area (Å²) in [6, 6.07) is 27.1. The van der Waals surface area contributed by atoms with Gasteiger partial charge in [0.15, 0.2) is 11.5 Å². The number of likely N-dealkylation sites (N-methyl/N-ethyl adjacent to an activating group) is 3. The van der Waals surface area contributed by atoms with Gasteiger partial charge in [-0.05, 0) is 74.9 Å². The minimum absolute atomic E-state index is 0.126. The highest BCUT2D eigenvalue weighted by atomic mass is 35.5. The van der Waals surface area contributed by atoms with Gasteiger partial charge >= 0.3 is 0 Å². The van der Waals surface area contributed by atoms with E-state index in [9.17, 15) is 0 Å². The topological polar surface area (TPSA) is 61.8 Å². The molecular weight excluding hydrogens is 622 g/mol. The van der Waals surface area contributed by atoms with E-state index in [2.05, 4.69) is 111 Å². The van der Waals surface area contributed by atoms with Crippen LogP contribution in [0, 0.1) is 5.41 Å². The summed E-state index contributed by atoms with van der Waals surface area (Å²) < 4.78 is 11.4. The normalized spacial score (nSPS) is 26.9. The quantitative estimate of drug-likeness (QED) is 0.327. The number of hydrogen-bond acceptors (Lipinski definition) is 9. The average Bonchev–Trinajstić information content (AvgIpc) is 3.57. The summed E-state index contributed by atoms with van der Waals surface area (Å²) in [5.74, 6) is 1.69. The Morgan fingerprint density at radius 1 is 0.771 bits per heavy atom. The van der Waals surface area contributed by atoms with Crippen LogP contribution in [-0.4, -0.2) is 135 Å². The molecule has 0 spiro atoms. The molecule has 3 aromatic rings. The van der Waals surface area contributed by atoms with Crippen molar-refractivity contribution in [2.45, 2.75) is 43.2 Å². The van der Waals surface area contributed by atoms with E-state index in [1.54, 1.807) is 6.21 Å². The van der Waals surface area contributed by atoms with E-state index >= 15 is 0 Å². The highest BCUT2D eigenvalue weighted by Crippen LogP contribution is 2.36. The Bertz CT molecular complexity index is 1530. The lowest BCUT2D eigenvalue weighted by molar-refractivity contribution is -0.0408. The fourth-order valence-electron chi connectivity index (χ4n) is 8.45. The first-order valence-electron chi connectivity index (χ1n) is 17.4. The molecule has 48 heavy (non-hydrogen) atoms. The molecular formula is C38H50ClN7O2. The van der Waals surface area contributed by atoms with Gasteiger partial charge in [0.2, 0.25) is 6.79 Å². The number of piperazine rings is 3. The summed E-state index contributed by atoms with van der Waals surface area (Å²) >= 11 is 6.33. The van der Waals surface area contributed by atoms with Crippen LogP contribution in [0.15, 0.2) is 72.8 Å². The van der Waals surface area contributed by atoms with Crippen molar-refractivity contribution >= 4 is 23.5 Å². The number of nitrogens with one attached hydrogen (secondary N) is 1. The van der Waals surface area contributed by atoms with Crippen molar-refractivity contribution in [2.24, 2.45) is 0 Å². The van der Waals surface area contributed by atoms with Gasteiger partial charge in [0.1, 0.15) is 0 Å². The van der Waals surface area contributed by atoms with Crippen LogP contribution < -0.4 is 14.4 Å². The first-order chi connectivity index (χ1) is 23.4. The van der Waals surface area contributed by atoms with Gasteiger partial charge in [0, 0.05) is 106 Å². The summed E-state index contributed by atoms with van der Waals surface area (Å²) in [5, 5.41) is 8.93. The predicted molar refractivity (Wildman–Crippen MR) is 194 cm³/mol. The molecule has 3 fully saturated rings. The van der Waals surface area contributed by atoms with Crippen LogP contribution in [-0.2, 0) is 6.54 Å². The van der Waals surface area contributed by atoms with Gasteiger partial charge in [-0.1, -0.05) is 48.0 Å². The van der Waals surface area contributed by atoms with E-state index in [0.29, 0.717) is 25.3 Å². The summed E-state index contributed by atoms with van der Waals surface area (Å²) in [6.45, 7) is 9.15. The zero-order valence-electron chi connectivity index (χ0n) is 28.5. The molecule has 4 aliphatic heterocycles. The number of hydrogen-bond donors (Lipinski definition) is 1. The van der Waals surface area contributed by atoms with E-state index in [4.69, 9.17) is 26.5 Å². The molecule has 10 heteroatoms. The first-order valence-corrected chi connectivity index (χ1v) is 17.8. The fourth-order valence-corrected chi connectivity index (χ4v) is 8.57. The van der Waals surface area contributed by atoms with Gasteiger partial charge < -0.3 is 29.6 Å². The van der Waals surface area contributed by atoms with Crippen LogP contribution in [0.5, 0.6) is 11.5 Å². The van der Waals surface area contributed by atoms with Gasteiger partial charge in [-0.2, -0.15) is 0 Å². The summed E-state index contributed by atoms with van der Waals surface area (Å²) in [4.78, 5) is 15.8. The second-order valence-corrected chi connectivity index (χ2v) is 14.5. The van der Waals surface area contributed by atoms with Crippen molar-refractivity contribution in [3.63, 3.8) is 0 Å². The Kier molecular flexibility index (Phi) is 10.2. The van der Waals surface area contributed by atoms with Crippen molar-refractivity contribution < 1.29 is 9.47 Å². The minimum atomic E-state index is 0.126. The maximum atomic E-state index is 8.19. The first kappa shape index (κ1) is 33.3. The molecule has 5 atom stereocenters. The number of nitrogens with zero attached hydrogens (tertiary/aromatic N) is 6. The summed E-state index contributed by atoms with van der Waals surface area (Å²) in [7, 11) is 6.91. The Labute approximate surface area is 291 Å². The van der Waals surface area contributed by atoms with Crippen LogP contribution in [0.3, 0.4) is 0 Å². The number of anilines is 1. The second-order valence-electron chi connectivity index (χ2n) is 14.1. The fraction of sp³-hybridized carbons (Fsp3) is 0.500. The molecule has 0 aromatic heterocycles. The lowest BCUT2D eigenvalue weighted by Crippen LogP contribution is -2.72. The van der Waals surface area contributed by atoms with Crippen molar-refractivity contribution in [2.75, 3.05) is 85.2 Å². The van der Waals surface area contributed by atoms with Crippen molar-refractivity contribution in [3.05, 3.63) is 88.9 Å². The van der Waals surface area contributed by atoms with E-state index < -0.39 is 0 Å². The lowest BCUT2D eigenvalue weighted by atomic mass is 9.89. The molecule has 3 saturated heterocycles. The highest BCUT2D eigenvalue weighted by molar-refractivity contribution is 6.30. The molecule has 0 bridgehead atoms. The third-order valence-electron chi connectivity index (χ3n) is 11.1. The van der Waals surface area contributed by atoms with Gasteiger partial charge in [0.05, 0.1) is 0 Å². The third-order valence-corrected chi connectivity index (χ3v) is 11.3. The third kappa shape index (κ3) is 7.08. The summed E-state index contributed by atoms with van der Waals surface area (Å²) in [6.07, 6.45) is 2.27. The Balaban J connectivity index is 1.23. The van der Waals surface area contributed by atoms with E-state index in [1.165, 1.54) is 16.8 Å². The smallest absolute Gasteiger partial charge is 0.231 e. The van der Waals surface area contributed by atoms with Crippen LogP contribution in [0.25, 0.3) is 0 Å². The average molecular weight is 672 g/mol. The zero-order valence-corrected chi connectivity index (χ0v) is 29.3. The number of halogens is 1. The number of rotatable bonds is 9.